The normalized spacial score (nSPS) is 26.2. The average molecular weight is 268 g/mol. The number of benzene rings is 1. The number of hydrogen-bond donors (Lipinski definition) is 2. The van der Waals surface area contributed by atoms with E-state index in [2.05, 4.69) is 22.8 Å². The molecule has 2 atom stereocenters. The fraction of sp³-hybridized carbons (Fsp3) is 0.462. The Morgan fingerprint density at radius 1 is 1.28 bits per heavy atom. The maximum Gasteiger partial charge on any atom is 0.318 e. The number of fused-ring (bicyclic) bond motifs is 1. The predicted molar refractivity (Wildman–Crippen MR) is 72.8 cm³/mol. The van der Waals surface area contributed by atoms with Crippen molar-refractivity contribution in [1.82, 2.24) is 15.5 Å². The summed E-state index contributed by atoms with van der Waals surface area (Å²) in [6, 6.07) is 10.9. The third-order valence-electron chi connectivity index (χ3n) is 3.61. The summed E-state index contributed by atoms with van der Waals surface area (Å²) in [6.45, 7) is 2.61. The maximum atomic E-state index is 11.9. The van der Waals surface area contributed by atoms with Crippen LogP contribution in [-0.4, -0.2) is 36.1 Å². The minimum Gasteiger partial charge on any atom is -0.332 e. The Morgan fingerprint density at radius 3 is 2.83 bits per heavy atom. The third-order valence-corrected chi connectivity index (χ3v) is 3.61. The van der Waals surface area contributed by atoms with Crippen molar-refractivity contribution < 1.29 is 4.79 Å². The molecular weight excluding hydrogens is 250 g/mol. The van der Waals surface area contributed by atoms with Gasteiger partial charge in [0.2, 0.25) is 0 Å². The summed E-state index contributed by atoms with van der Waals surface area (Å²) in [5.74, 6) is 0. The van der Waals surface area contributed by atoms with Crippen LogP contribution in [0.25, 0.3) is 0 Å². The molecule has 0 aliphatic carbocycles. The lowest BCUT2D eigenvalue weighted by molar-refractivity contribution is 0.189. The van der Waals surface area contributed by atoms with E-state index in [-0.39, 0.29) is 24.5 Å². The van der Waals surface area contributed by atoms with Crippen LogP contribution >= 0.6 is 12.4 Å². The Bertz CT molecular complexity index is 412. The van der Waals surface area contributed by atoms with Gasteiger partial charge in [-0.25, -0.2) is 4.79 Å². The molecular formula is C13H18ClN3O. The van der Waals surface area contributed by atoms with Gasteiger partial charge in [0.15, 0.2) is 0 Å². The minimum atomic E-state index is 0. The molecule has 2 unspecified atom stereocenters. The smallest absolute Gasteiger partial charge is 0.318 e. The third kappa shape index (κ3) is 2.44. The fourth-order valence-electron chi connectivity index (χ4n) is 2.73. The predicted octanol–water partition coefficient (Wildman–Crippen LogP) is 1.36. The van der Waals surface area contributed by atoms with Crippen molar-refractivity contribution in [2.45, 2.75) is 25.0 Å². The topological polar surface area (TPSA) is 44.4 Å². The number of nitrogens with one attached hydrogen (secondary N) is 2. The molecule has 2 saturated heterocycles. The first-order chi connectivity index (χ1) is 8.34. The molecule has 0 spiro atoms. The van der Waals surface area contributed by atoms with Gasteiger partial charge < -0.3 is 15.5 Å². The second-order valence-electron chi connectivity index (χ2n) is 4.73. The van der Waals surface area contributed by atoms with E-state index in [1.54, 1.807) is 0 Å². The minimum absolute atomic E-state index is 0. The van der Waals surface area contributed by atoms with Crippen molar-refractivity contribution in [3.8, 4) is 0 Å². The van der Waals surface area contributed by atoms with E-state index >= 15 is 0 Å². The van der Waals surface area contributed by atoms with Crippen LogP contribution in [0, 0.1) is 0 Å². The Hall–Kier alpha value is -1.26. The van der Waals surface area contributed by atoms with Crippen LogP contribution in [0.2, 0.25) is 0 Å². The molecule has 5 heteroatoms. The molecule has 1 aromatic carbocycles. The fourth-order valence-corrected chi connectivity index (χ4v) is 2.73. The van der Waals surface area contributed by atoms with E-state index in [0.717, 1.165) is 19.5 Å². The van der Waals surface area contributed by atoms with Crippen molar-refractivity contribution in [1.29, 1.82) is 0 Å². The van der Waals surface area contributed by atoms with Crippen LogP contribution in [0.1, 0.15) is 12.0 Å². The number of urea groups is 1. The van der Waals surface area contributed by atoms with Gasteiger partial charge in [0, 0.05) is 13.1 Å². The monoisotopic (exact) mass is 267 g/mol. The van der Waals surface area contributed by atoms with Crippen molar-refractivity contribution >= 4 is 18.4 Å². The molecule has 0 radical (unpaired) electrons. The molecule has 0 aromatic heterocycles. The number of amides is 2. The number of hydrogen-bond acceptors (Lipinski definition) is 2. The number of nitrogens with zero attached hydrogens (tertiary/aromatic N) is 1. The highest BCUT2D eigenvalue weighted by molar-refractivity contribution is 5.85. The molecule has 2 N–H and O–H groups in total. The average Bonchev–Trinajstić information content (AvgIpc) is 2.68. The first kappa shape index (κ1) is 13.2. The van der Waals surface area contributed by atoms with Crippen LogP contribution in [0.5, 0.6) is 0 Å². The van der Waals surface area contributed by atoms with Crippen LogP contribution < -0.4 is 10.6 Å². The number of piperidine rings is 1. The molecule has 2 heterocycles. The Labute approximate surface area is 113 Å². The van der Waals surface area contributed by atoms with E-state index in [0.29, 0.717) is 12.6 Å². The van der Waals surface area contributed by atoms with Crippen molar-refractivity contribution in [2.75, 3.05) is 13.1 Å². The quantitative estimate of drug-likeness (QED) is 0.850. The van der Waals surface area contributed by atoms with Gasteiger partial charge in [0.05, 0.1) is 12.1 Å². The van der Waals surface area contributed by atoms with Gasteiger partial charge in [-0.3, -0.25) is 0 Å². The molecule has 2 aliphatic rings. The Kier molecular flexibility index (Phi) is 4.09. The van der Waals surface area contributed by atoms with E-state index in [1.165, 1.54) is 5.56 Å². The standard InChI is InChI=1S/C13H17N3O.ClH/c17-13-15-11-8-14-7-6-12(11)16(13)9-10-4-2-1-3-5-10;/h1-5,11-12,14H,6-9H2,(H,15,17);1H. The summed E-state index contributed by atoms with van der Waals surface area (Å²) in [4.78, 5) is 13.9. The highest BCUT2D eigenvalue weighted by atomic mass is 35.5. The number of carbonyl (C=O) groups is 1. The summed E-state index contributed by atoms with van der Waals surface area (Å²) in [6.07, 6.45) is 1.04. The van der Waals surface area contributed by atoms with E-state index in [4.69, 9.17) is 0 Å². The van der Waals surface area contributed by atoms with E-state index < -0.39 is 0 Å². The molecule has 3 rings (SSSR count). The van der Waals surface area contributed by atoms with Crippen molar-refractivity contribution in [3.05, 3.63) is 35.9 Å². The Balaban J connectivity index is 0.00000120. The first-order valence-electron chi connectivity index (χ1n) is 6.16. The second kappa shape index (κ2) is 5.59. The van der Waals surface area contributed by atoms with Crippen LogP contribution in [0.3, 0.4) is 0 Å². The summed E-state index contributed by atoms with van der Waals surface area (Å²) in [5.41, 5.74) is 1.20. The van der Waals surface area contributed by atoms with Crippen LogP contribution in [-0.2, 0) is 6.54 Å². The van der Waals surface area contributed by atoms with Crippen LogP contribution in [0.4, 0.5) is 4.79 Å². The number of carbonyl (C=O) groups excluding carboxylic acids is 1. The van der Waals surface area contributed by atoms with Gasteiger partial charge in [-0.1, -0.05) is 30.3 Å². The van der Waals surface area contributed by atoms with Crippen molar-refractivity contribution in [2.24, 2.45) is 0 Å². The summed E-state index contributed by atoms with van der Waals surface area (Å²) < 4.78 is 0. The summed E-state index contributed by atoms with van der Waals surface area (Å²) in [7, 11) is 0. The highest BCUT2D eigenvalue weighted by Gasteiger charge is 2.40. The molecule has 1 aromatic rings. The molecule has 2 amide bonds. The largest absolute Gasteiger partial charge is 0.332 e. The molecule has 4 nitrogen and oxygen atoms in total. The van der Waals surface area contributed by atoms with Gasteiger partial charge in [-0.05, 0) is 18.5 Å². The van der Waals surface area contributed by atoms with E-state index in [1.807, 2.05) is 23.1 Å². The zero-order valence-electron chi connectivity index (χ0n) is 10.1. The molecule has 18 heavy (non-hydrogen) atoms. The summed E-state index contributed by atoms with van der Waals surface area (Å²) in [5, 5.41) is 6.37. The first-order valence-corrected chi connectivity index (χ1v) is 6.16. The van der Waals surface area contributed by atoms with Gasteiger partial charge in [0.1, 0.15) is 0 Å². The lowest BCUT2D eigenvalue weighted by Crippen LogP contribution is -2.49. The molecule has 0 bridgehead atoms. The van der Waals surface area contributed by atoms with Crippen LogP contribution in [0.15, 0.2) is 30.3 Å². The lowest BCUT2D eigenvalue weighted by Gasteiger charge is -2.30. The number of rotatable bonds is 2. The molecule has 0 saturated carbocycles. The second-order valence-corrected chi connectivity index (χ2v) is 4.73. The molecule has 98 valence electrons. The van der Waals surface area contributed by atoms with E-state index in [9.17, 15) is 4.79 Å². The maximum absolute atomic E-state index is 11.9. The molecule has 2 aliphatic heterocycles. The summed E-state index contributed by atoms with van der Waals surface area (Å²) >= 11 is 0. The number of halogens is 1. The molecule has 2 fully saturated rings. The van der Waals surface area contributed by atoms with Gasteiger partial charge in [-0.2, -0.15) is 0 Å². The van der Waals surface area contributed by atoms with Crippen molar-refractivity contribution in [3.63, 3.8) is 0 Å². The van der Waals surface area contributed by atoms with Gasteiger partial charge in [-0.15, -0.1) is 12.4 Å². The lowest BCUT2D eigenvalue weighted by atomic mass is 10.0. The highest BCUT2D eigenvalue weighted by Crippen LogP contribution is 2.21. The van der Waals surface area contributed by atoms with Gasteiger partial charge in [0.25, 0.3) is 0 Å². The zero-order valence-corrected chi connectivity index (χ0v) is 11.0. The zero-order chi connectivity index (χ0) is 11.7. The van der Waals surface area contributed by atoms with Gasteiger partial charge >= 0.3 is 6.03 Å². The SMILES string of the molecule is Cl.O=C1NC2CNCCC2N1Cc1ccccc1. The Morgan fingerprint density at radius 2 is 2.06 bits per heavy atom.